The third-order valence-electron chi connectivity index (χ3n) is 4.11. The molecule has 96 valence electrons. The van der Waals surface area contributed by atoms with Gasteiger partial charge in [0.15, 0.2) is 0 Å². The molecule has 1 aromatic rings. The molecule has 2 unspecified atom stereocenters. The second kappa shape index (κ2) is 6.61. The molecule has 0 saturated carbocycles. The largest absolute Gasteiger partial charge is 0.316 e. The van der Waals surface area contributed by atoms with Crippen molar-refractivity contribution < 1.29 is 0 Å². The van der Waals surface area contributed by atoms with Crippen LogP contribution in [0.2, 0.25) is 0 Å². The summed E-state index contributed by atoms with van der Waals surface area (Å²) in [5.74, 6) is 3.41. The highest BCUT2D eigenvalue weighted by atomic mass is 14.9. The Kier molecular flexibility index (Phi) is 4.84. The Morgan fingerprint density at radius 1 is 1.44 bits per heavy atom. The van der Waals surface area contributed by atoms with Crippen LogP contribution in [0.3, 0.4) is 0 Å². The molecule has 18 heavy (non-hydrogen) atoms. The van der Waals surface area contributed by atoms with Gasteiger partial charge in [-0.05, 0) is 56.2 Å². The summed E-state index contributed by atoms with van der Waals surface area (Å²) >= 11 is 0. The normalized spacial score (nSPS) is 19.9. The van der Waals surface area contributed by atoms with E-state index in [4.69, 9.17) is 6.42 Å². The standard InChI is InChI=1S/C17H23N/c1-3-4-5-13-17(18-2)16-12-8-10-14-9-6-7-11-15(14)16/h1,6-7,9,11,16-18H,4-5,8,10,12-13H2,2H3. The lowest BCUT2D eigenvalue weighted by Gasteiger charge is -2.32. The van der Waals surface area contributed by atoms with Crippen LogP contribution in [0, 0.1) is 12.3 Å². The molecule has 0 radical (unpaired) electrons. The second-order valence-electron chi connectivity index (χ2n) is 5.19. The summed E-state index contributed by atoms with van der Waals surface area (Å²) in [6, 6.07) is 9.50. The van der Waals surface area contributed by atoms with Crippen molar-refractivity contribution in [2.75, 3.05) is 7.05 Å². The number of hydrogen-bond acceptors (Lipinski definition) is 1. The lowest BCUT2D eigenvalue weighted by molar-refractivity contribution is 0.387. The maximum Gasteiger partial charge on any atom is 0.0133 e. The summed E-state index contributed by atoms with van der Waals surface area (Å²) in [6.45, 7) is 0. The predicted molar refractivity (Wildman–Crippen MR) is 77.7 cm³/mol. The van der Waals surface area contributed by atoms with Gasteiger partial charge < -0.3 is 5.32 Å². The van der Waals surface area contributed by atoms with Crippen LogP contribution in [0.5, 0.6) is 0 Å². The molecule has 1 aliphatic rings. The lowest BCUT2D eigenvalue weighted by Crippen LogP contribution is -2.34. The molecule has 0 fully saturated rings. The van der Waals surface area contributed by atoms with E-state index in [0.29, 0.717) is 12.0 Å². The van der Waals surface area contributed by atoms with Crippen LogP contribution in [-0.4, -0.2) is 13.1 Å². The van der Waals surface area contributed by atoms with Crippen molar-refractivity contribution >= 4 is 0 Å². The quantitative estimate of drug-likeness (QED) is 0.614. The van der Waals surface area contributed by atoms with E-state index in [1.54, 1.807) is 11.1 Å². The Labute approximate surface area is 111 Å². The Hall–Kier alpha value is -1.26. The predicted octanol–water partition coefficient (Wildman–Crippen LogP) is 3.50. The number of fused-ring (bicyclic) bond motifs is 1. The van der Waals surface area contributed by atoms with Crippen LogP contribution in [0.4, 0.5) is 0 Å². The summed E-state index contributed by atoms with van der Waals surface area (Å²) in [6.07, 6.45) is 12.4. The van der Waals surface area contributed by atoms with Crippen LogP contribution < -0.4 is 5.32 Å². The minimum absolute atomic E-state index is 0.569. The number of likely N-dealkylation sites (N-methyl/N-ethyl adjacent to an activating group) is 1. The van der Waals surface area contributed by atoms with E-state index in [1.807, 2.05) is 0 Å². The summed E-state index contributed by atoms with van der Waals surface area (Å²) in [5.41, 5.74) is 3.11. The number of rotatable bonds is 5. The minimum Gasteiger partial charge on any atom is -0.316 e. The molecule has 0 saturated heterocycles. The zero-order valence-corrected chi connectivity index (χ0v) is 11.3. The van der Waals surface area contributed by atoms with Crippen molar-refractivity contribution in [3.8, 4) is 12.3 Å². The minimum atomic E-state index is 0.569. The summed E-state index contributed by atoms with van der Waals surface area (Å²) < 4.78 is 0. The zero-order chi connectivity index (χ0) is 12.8. The molecule has 0 amide bonds. The average Bonchev–Trinajstić information content (AvgIpc) is 2.43. The van der Waals surface area contributed by atoms with E-state index in [0.717, 1.165) is 12.8 Å². The van der Waals surface area contributed by atoms with Gasteiger partial charge >= 0.3 is 0 Å². The zero-order valence-electron chi connectivity index (χ0n) is 11.3. The highest BCUT2D eigenvalue weighted by Crippen LogP contribution is 2.35. The van der Waals surface area contributed by atoms with Gasteiger partial charge in [-0.2, -0.15) is 0 Å². The fourth-order valence-electron chi connectivity index (χ4n) is 3.18. The first kappa shape index (κ1) is 13.2. The van der Waals surface area contributed by atoms with Gasteiger partial charge in [-0.15, -0.1) is 12.3 Å². The molecular weight excluding hydrogens is 218 g/mol. The van der Waals surface area contributed by atoms with E-state index in [-0.39, 0.29) is 0 Å². The Balaban J connectivity index is 2.10. The van der Waals surface area contributed by atoms with E-state index in [1.165, 1.54) is 25.7 Å². The summed E-state index contributed by atoms with van der Waals surface area (Å²) in [7, 11) is 2.08. The van der Waals surface area contributed by atoms with E-state index in [9.17, 15) is 0 Å². The van der Waals surface area contributed by atoms with Crippen LogP contribution in [0.15, 0.2) is 24.3 Å². The molecular formula is C17H23N. The average molecular weight is 241 g/mol. The van der Waals surface area contributed by atoms with Crippen molar-refractivity contribution in [3.05, 3.63) is 35.4 Å². The molecule has 0 heterocycles. The number of unbranched alkanes of at least 4 members (excludes halogenated alkanes) is 1. The van der Waals surface area contributed by atoms with Crippen molar-refractivity contribution in [2.45, 2.75) is 50.5 Å². The molecule has 2 atom stereocenters. The van der Waals surface area contributed by atoms with Crippen LogP contribution >= 0.6 is 0 Å². The van der Waals surface area contributed by atoms with Crippen LogP contribution in [-0.2, 0) is 6.42 Å². The molecule has 0 bridgehead atoms. The molecule has 1 aromatic carbocycles. The first-order valence-electron chi connectivity index (χ1n) is 7.05. The van der Waals surface area contributed by atoms with Gasteiger partial charge in [-0.25, -0.2) is 0 Å². The van der Waals surface area contributed by atoms with E-state index < -0.39 is 0 Å². The monoisotopic (exact) mass is 241 g/mol. The van der Waals surface area contributed by atoms with Crippen molar-refractivity contribution in [3.63, 3.8) is 0 Å². The number of hydrogen-bond donors (Lipinski definition) is 1. The fourth-order valence-corrected chi connectivity index (χ4v) is 3.18. The first-order chi connectivity index (χ1) is 8.86. The first-order valence-corrected chi connectivity index (χ1v) is 7.05. The summed E-state index contributed by atoms with van der Waals surface area (Å²) in [5, 5.41) is 3.50. The number of benzene rings is 1. The topological polar surface area (TPSA) is 12.0 Å². The van der Waals surface area contributed by atoms with Crippen molar-refractivity contribution in [2.24, 2.45) is 0 Å². The number of nitrogens with one attached hydrogen (secondary N) is 1. The van der Waals surface area contributed by atoms with Gasteiger partial charge in [-0.3, -0.25) is 0 Å². The maximum absolute atomic E-state index is 5.34. The Morgan fingerprint density at radius 2 is 2.28 bits per heavy atom. The van der Waals surface area contributed by atoms with Crippen molar-refractivity contribution in [1.82, 2.24) is 5.32 Å². The van der Waals surface area contributed by atoms with Gasteiger partial charge in [0.1, 0.15) is 0 Å². The molecule has 1 nitrogen and oxygen atoms in total. The van der Waals surface area contributed by atoms with Gasteiger partial charge in [0, 0.05) is 12.5 Å². The summed E-state index contributed by atoms with van der Waals surface area (Å²) in [4.78, 5) is 0. The van der Waals surface area contributed by atoms with E-state index >= 15 is 0 Å². The highest BCUT2D eigenvalue weighted by Gasteiger charge is 2.26. The van der Waals surface area contributed by atoms with Crippen molar-refractivity contribution in [1.29, 1.82) is 0 Å². The van der Waals surface area contributed by atoms with Gasteiger partial charge in [0.25, 0.3) is 0 Å². The fraction of sp³-hybridized carbons (Fsp3) is 0.529. The molecule has 1 heteroatoms. The third-order valence-corrected chi connectivity index (χ3v) is 4.11. The number of terminal acetylenes is 1. The molecule has 0 aliphatic heterocycles. The smallest absolute Gasteiger partial charge is 0.0133 e. The second-order valence-corrected chi connectivity index (χ2v) is 5.19. The molecule has 1 N–H and O–H groups in total. The maximum atomic E-state index is 5.34. The third kappa shape index (κ3) is 2.94. The lowest BCUT2D eigenvalue weighted by atomic mass is 9.77. The van der Waals surface area contributed by atoms with E-state index in [2.05, 4.69) is 42.6 Å². The van der Waals surface area contributed by atoms with Crippen LogP contribution in [0.1, 0.15) is 49.1 Å². The Morgan fingerprint density at radius 3 is 3.06 bits per heavy atom. The molecule has 2 rings (SSSR count). The van der Waals surface area contributed by atoms with Gasteiger partial charge in [-0.1, -0.05) is 24.3 Å². The van der Waals surface area contributed by atoms with Gasteiger partial charge in [0.05, 0.1) is 0 Å². The highest BCUT2D eigenvalue weighted by molar-refractivity contribution is 5.33. The SMILES string of the molecule is C#CCCCC(NC)C1CCCc2ccccc21. The van der Waals surface area contributed by atoms with Gasteiger partial charge in [0.2, 0.25) is 0 Å². The molecule has 0 spiro atoms. The van der Waals surface area contributed by atoms with Crippen LogP contribution in [0.25, 0.3) is 0 Å². The Bertz CT molecular complexity index is 416. The molecule has 0 aromatic heterocycles. The number of aryl methyl sites for hydroxylation is 1. The molecule has 1 aliphatic carbocycles.